The van der Waals surface area contributed by atoms with Gasteiger partial charge in [-0.25, -0.2) is 9.48 Å². The lowest BCUT2D eigenvalue weighted by molar-refractivity contribution is -0.127. The molecule has 0 bridgehead atoms. The van der Waals surface area contributed by atoms with E-state index >= 15 is 0 Å². The van der Waals surface area contributed by atoms with E-state index in [-0.39, 0.29) is 23.1 Å². The van der Waals surface area contributed by atoms with Crippen LogP contribution in [0.4, 0.5) is 5.82 Å². The molecule has 1 fully saturated rings. The summed E-state index contributed by atoms with van der Waals surface area (Å²) < 4.78 is 1.67. The third-order valence-corrected chi connectivity index (χ3v) is 6.32. The monoisotopic (exact) mass is 387 g/mol. The number of carboxylic acids is 1. The predicted octanol–water partition coefficient (Wildman–Crippen LogP) is 4.83. The van der Waals surface area contributed by atoms with Crippen LogP contribution < -0.4 is 5.32 Å². The Hall–Kier alpha value is -2.11. The molecule has 0 saturated heterocycles. The summed E-state index contributed by atoms with van der Waals surface area (Å²) in [5.74, 6) is 0.752. The lowest BCUT2D eigenvalue weighted by Gasteiger charge is -2.33. The van der Waals surface area contributed by atoms with Gasteiger partial charge in [-0.15, -0.1) is 5.10 Å². The van der Waals surface area contributed by atoms with Crippen LogP contribution in [0, 0.1) is 17.8 Å². The number of hydrogen-bond donors (Lipinski definition) is 2. The van der Waals surface area contributed by atoms with Crippen LogP contribution in [0.5, 0.6) is 0 Å². The van der Waals surface area contributed by atoms with Gasteiger partial charge in [-0.05, 0) is 57.8 Å². The largest absolute Gasteiger partial charge is 0.477 e. The SMILES string of the molecule is CC1CC=C(n2cc(C(=O)O)c(NC(C)(C)C(=O)C3CCC(C)CC3)n2)CC1. The van der Waals surface area contributed by atoms with E-state index in [4.69, 9.17) is 0 Å². The van der Waals surface area contributed by atoms with Gasteiger partial charge in [0, 0.05) is 17.8 Å². The number of hydrogen-bond acceptors (Lipinski definition) is 4. The molecule has 2 aliphatic rings. The van der Waals surface area contributed by atoms with E-state index in [1.165, 1.54) is 0 Å². The molecule has 2 aliphatic carbocycles. The normalized spacial score (nSPS) is 25.9. The molecular weight excluding hydrogens is 354 g/mol. The Bertz CT molecular complexity index is 770. The number of anilines is 1. The molecule has 2 N–H and O–H groups in total. The third kappa shape index (κ3) is 4.47. The van der Waals surface area contributed by atoms with E-state index < -0.39 is 11.5 Å². The summed E-state index contributed by atoms with van der Waals surface area (Å²) in [6.45, 7) is 8.11. The zero-order valence-corrected chi connectivity index (χ0v) is 17.5. The minimum atomic E-state index is -1.03. The van der Waals surface area contributed by atoms with Crippen molar-refractivity contribution in [3.8, 4) is 0 Å². The minimum Gasteiger partial charge on any atom is -0.477 e. The van der Waals surface area contributed by atoms with Crippen LogP contribution >= 0.6 is 0 Å². The highest BCUT2D eigenvalue weighted by molar-refractivity contribution is 5.96. The highest BCUT2D eigenvalue weighted by Gasteiger charge is 2.36. The molecule has 0 radical (unpaired) electrons. The van der Waals surface area contributed by atoms with Gasteiger partial charge in [0.25, 0.3) is 0 Å². The number of nitrogens with zero attached hydrogens (tertiary/aromatic N) is 2. The number of nitrogens with one attached hydrogen (secondary N) is 1. The molecule has 0 aliphatic heterocycles. The van der Waals surface area contributed by atoms with Crippen molar-refractivity contribution in [3.05, 3.63) is 17.8 Å². The number of aromatic nitrogens is 2. The fourth-order valence-corrected chi connectivity index (χ4v) is 4.32. The Labute approximate surface area is 167 Å². The maximum absolute atomic E-state index is 13.1. The molecule has 1 heterocycles. The van der Waals surface area contributed by atoms with Crippen molar-refractivity contribution in [2.24, 2.45) is 17.8 Å². The Kier molecular flexibility index (Phi) is 5.96. The molecular formula is C22H33N3O3. The van der Waals surface area contributed by atoms with Crippen molar-refractivity contribution in [1.29, 1.82) is 0 Å². The topological polar surface area (TPSA) is 84.2 Å². The number of ketones is 1. The summed E-state index contributed by atoms with van der Waals surface area (Å²) >= 11 is 0. The number of carbonyl (C=O) groups is 2. The van der Waals surface area contributed by atoms with E-state index in [0.29, 0.717) is 11.8 Å². The second-order valence-corrected chi connectivity index (χ2v) is 9.29. The zero-order valence-electron chi connectivity index (χ0n) is 17.5. The van der Waals surface area contributed by atoms with E-state index in [1.54, 1.807) is 10.9 Å². The molecule has 1 atom stereocenters. The number of allylic oxidation sites excluding steroid dienone is 2. The molecule has 1 unspecified atom stereocenters. The first kappa shape index (κ1) is 20.6. The third-order valence-electron chi connectivity index (χ3n) is 6.32. The Morgan fingerprint density at radius 2 is 1.82 bits per heavy atom. The van der Waals surface area contributed by atoms with Crippen LogP contribution in [0.25, 0.3) is 5.70 Å². The molecule has 154 valence electrons. The summed E-state index contributed by atoms with van der Waals surface area (Å²) in [6, 6.07) is 0. The van der Waals surface area contributed by atoms with Gasteiger partial charge in [0.1, 0.15) is 5.56 Å². The van der Waals surface area contributed by atoms with E-state index in [2.05, 4.69) is 30.3 Å². The van der Waals surface area contributed by atoms with Crippen molar-refractivity contribution in [3.63, 3.8) is 0 Å². The predicted molar refractivity (Wildman–Crippen MR) is 110 cm³/mol. The molecule has 1 saturated carbocycles. The van der Waals surface area contributed by atoms with Crippen LogP contribution in [0.2, 0.25) is 0 Å². The van der Waals surface area contributed by atoms with Gasteiger partial charge in [-0.3, -0.25) is 4.79 Å². The Balaban J connectivity index is 1.80. The maximum Gasteiger partial charge on any atom is 0.341 e. The van der Waals surface area contributed by atoms with Gasteiger partial charge in [0.05, 0.1) is 5.54 Å². The van der Waals surface area contributed by atoms with Crippen LogP contribution in [0.3, 0.4) is 0 Å². The molecule has 6 nitrogen and oxygen atoms in total. The van der Waals surface area contributed by atoms with Gasteiger partial charge in [0.15, 0.2) is 11.6 Å². The summed E-state index contributed by atoms with van der Waals surface area (Å²) in [7, 11) is 0. The summed E-state index contributed by atoms with van der Waals surface area (Å²) in [5.41, 5.74) is 0.279. The molecule has 0 aromatic carbocycles. The van der Waals surface area contributed by atoms with Crippen molar-refractivity contribution in [2.75, 3.05) is 5.32 Å². The molecule has 3 rings (SSSR count). The average Bonchev–Trinajstić information content (AvgIpc) is 3.05. The van der Waals surface area contributed by atoms with E-state index in [9.17, 15) is 14.7 Å². The second-order valence-electron chi connectivity index (χ2n) is 9.29. The van der Waals surface area contributed by atoms with Gasteiger partial charge < -0.3 is 10.4 Å². The molecule has 0 amide bonds. The lowest BCUT2D eigenvalue weighted by Crippen LogP contribution is -2.45. The van der Waals surface area contributed by atoms with Crippen molar-refractivity contribution < 1.29 is 14.7 Å². The first-order valence-electron chi connectivity index (χ1n) is 10.5. The van der Waals surface area contributed by atoms with Crippen LogP contribution in [0.1, 0.15) is 83.0 Å². The highest BCUT2D eigenvalue weighted by atomic mass is 16.4. The quantitative estimate of drug-likeness (QED) is 0.730. The Morgan fingerprint density at radius 1 is 1.14 bits per heavy atom. The van der Waals surface area contributed by atoms with E-state index in [0.717, 1.165) is 50.6 Å². The average molecular weight is 388 g/mol. The number of Topliss-reactive ketones (excluding diaryl/α,β-unsaturated/α-hetero) is 1. The number of carbonyl (C=O) groups excluding carboxylic acids is 1. The zero-order chi connectivity index (χ0) is 20.5. The fourth-order valence-electron chi connectivity index (χ4n) is 4.32. The maximum atomic E-state index is 13.1. The summed E-state index contributed by atoms with van der Waals surface area (Å²) in [4.78, 5) is 24.9. The fraction of sp³-hybridized carbons (Fsp3) is 0.682. The van der Waals surface area contributed by atoms with E-state index in [1.807, 2.05) is 13.8 Å². The molecule has 0 spiro atoms. The standard InChI is InChI=1S/C22H33N3O3/c1-14-5-9-16(10-6-14)19(26)22(3,4)23-20-18(21(27)28)13-25(24-20)17-11-7-15(2)8-12-17/h11,13-16H,5-10,12H2,1-4H3,(H,23,24)(H,27,28). The van der Waals surface area contributed by atoms with Gasteiger partial charge in [-0.2, -0.15) is 0 Å². The van der Waals surface area contributed by atoms with Gasteiger partial charge in [0.2, 0.25) is 0 Å². The number of aromatic carboxylic acids is 1. The van der Waals surface area contributed by atoms with Crippen molar-refractivity contribution >= 4 is 23.3 Å². The first-order valence-corrected chi connectivity index (χ1v) is 10.5. The minimum absolute atomic E-state index is 0.0385. The van der Waals surface area contributed by atoms with Crippen LogP contribution in [-0.4, -0.2) is 32.2 Å². The highest BCUT2D eigenvalue weighted by Crippen LogP contribution is 2.33. The molecule has 28 heavy (non-hydrogen) atoms. The smallest absolute Gasteiger partial charge is 0.341 e. The molecule has 6 heteroatoms. The van der Waals surface area contributed by atoms with Gasteiger partial charge in [-0.1, -0.05) is 32.8 Å². The lowest BCUT2D eigenvalue weighted by atomic mass is 9.76. The van der Waals surface area contributed by atoms with Crippen LogP contribution in [0.15, 0.2) is 12.3 Å². The first-order chi connectivity index (χ1) is 13.2. The summed E-state index contributed by atoms with van der Waals surface area (Å²) in [6.07, 6.45) is 10.6. The second kappa shape index (κ2) is 8.10. The summed E-state index contributed by atoms with van der Waals surface area (Å²) in [5, 5.41) is 17.3. The van der Waals surface area contributed by atoms with Crippen molar-refractivity contribution in [2.45, 2.75) is 78.2 Å². The van der Waals surface area contributed by atoms with Crippen molar-refractivity contribution in [1.82, 2.24) is 9.78 Å². The Morgan fingerprint density at radius 3 is 2.39 bits per heavy atom. The molecule has 1 aromatic heterocycles. The number of rotatable bonds is 6. The molecule has 1 aromatic rings. The van der Waals surface area contributed by atoms with Gasteiger partial charge >= 0.3 is 5.97 Å². The van der Waals surface area contributed by atoms with Crippen LogP contribution in [-0.2, 0) is 4.79 Å². The number of carboxylic acid groups (broad SMARTS) is 1.